The fraction of sp³-hybridized carbons (Fsp3) is 0.556. The number of fused-ring (bicyclic) bond motifs is 3. The van der Waals surface area contributed by atoms with Crippen LogP contribution in [0, 0.1) is 5.92 Å². The average Bonchev–Trinajstić information content (AvgIpc) is 2.54. The summed E-state index contributed by atoms with van der Waals surface area (Å²) >= 11 is 5.93. The molecule has 3 aliphatic heterocycles. The van der Waals surface area contributed by atoms with Gasteiger partial charge in [-0.3, -0.25) is 4.55 Å². The Bertz CT molecular complexity index is 704. The molecule has 3 aliphatic rings. The van der Waals surface area contributed by atoms with Crippen LogP contribution in [0.5, 0.6) is 0 Å². The minimum absolute atomic E-state index is 0.125. The first-order chi connectivity index (χ1) is 11.4. The number of hydrogen-bond acceptors (Lipinski definition) is 2. The number of nitrogens with zero attached hydrogens (tertiary/aromatic N) is 1. The molecule has 3 heterocycles. The third-order valence-corrected chi connectivity index (χ3v) is 6.55. The molecule has 1 aromatic rings. The molecule has 0 unspecified atom stereocenters. The van der Waals surface area contributed by atoms with Gasteiger partial charge in [-0.05, 0) is 35.6 Å². The van der Waals surface area contributed by atoms with Crippen molar-refractivity contribution in [2.24, 2.45) is 5.92 Å². The second-order valence-corrected chi connectivity index (χ2v) is 9.20. The summed E-state index contributed by atoms with van der Waals surface area (Å²) in [5, 5.41) is 0.762. The number of hydrogen-bond donors (Lipinski definition) is 1. The molecule has 2 bridgehead atoms. The Balaban J connectivity index is 1.63. The number of piperidine rings is 3. The SMILES string of the molecule is O=S(=O)(O)CCC[N+]12CCC(CC1)C(=CCc1ccc(Cl)cc1)C2. The van der Waals surface area contributed by atoms with Gasteiger partial charge in [0.1, 0.15) is 6.54 Å². The molecule has 132 valence electrons. The van der Waals surface area contributed by atoms with Gasteiger partial charge in [0.2, 0.25) is 0 Å². The van der Waals surface area contributed by atoms with Gasteiger partial charge in [0, 0.05) is 24.3 Å². The van der Waals surface area contributed by atoms with Crippen LogP contribution in [0.2, 0.25) is 5.02 Å². The van der Waals surface area contributed by atoms with Crippen LogP contribution in [0.4, 0.5) is 0 Å². The molecule has 1 N–H and O–H groups in total. The van der Waals surface area contributed by atoms with Crippen molar-refractivity contribution in [2.75, 3.05) is 31.9 Å². The third kappa shape index (κ3) is 4.60. The fourth-order valence-electron chi connectivity index (χ4n) is 4.15. The van der Waals surface area contributed by atoms with Gasteiger partial charge in [0.05, 0.1) is 25.4 Å². The molecule has 0 radical (unpaired) electrons. The highest BCUT2D eigenvalue weighted by Crippen LogP contribution is 2.37. The van der Waals surface area contributed by atoms with E-state index in [0.29, 0.717) is 12.3 Å². The molecule has 4 nitrogen and oxygen atoms in total. The Hall–Kier alpha value is -0.880. The van der Waals surface area contributed by atoms with E-state index in [4.69, 9.17) is 16.2 Å². The molecular formula is C18H25ClNO3S+. The standard InChI is InChI=1S/C18H24ClNO3S/c19-18-6-3-15(4-7-18)2-5-17-14-20(10-1-13-24(21,22)23)11-8-16(17)9-12-20/h3-7,16H,1-2,8-14H2/p+1. The number of rotatable bonds is 6. The van der Waals surface area contributed by atoms with Gasteiger partial charge in [-0.25, -0.2) is 0 Å². The van der Waals surface area contributed by atoms with Gasteiger partial charge in [-0.2, -0.15) is 8.42 Å². The van der Waals surface area contributed by atoms with E-state index >= 15 is 0 Å². The normalized spacial score (nSPS) is 28.4. The van der Waals surface area contributed by atoms with Crippen molar-refractivity contribution < 1.29 is 17.5 Å². The van der Waals surface area contributed by atoms with E-state index in [1.807, 2.05) is 12.1 Å². The van der Waals surface area contributed by atoms with E-state index in [0.717, 1.165) is 42.1 Å². The molecule has 4 rings (SSSR count). The van der Waals surface area contributed by atoms with Crippen molar-refractivity contribution in [2.45, 2.75) is 25.7 Å². The Kier molecular flexibility index (Phi) is 5.35. The van der Waals surface area contributed by atoms with E-state index in [1.54, 1.807) is 0 Å². The molecule has 3 fully saturated rings. The van der Waals surface area contributed by atoms with E-state index in [1.165, 1.54) is 24.0 Å². The number of halogens is 1. The molecule has 0 aromatic heterocycles. The summed E-state index contributed by atoms with van der Waals surface area (Å²) in [4.78, 5) is 0. The number of allylic oxidation sites excluding steroid dienone is 1. The predicted molar refractivity (Wildman–Crippen MR) is 96.7 cm³/mol. The second-order valence-electron chi connectivity index (χ2n) is 7.19. The van der Waals surface area contributed by atoms with Crippen LogP contribution in [0.3, 0.4) is 0 Å². The molecule has 0 spiro atoms. The average molecular weight is 371 g/mol. The number of quaternary nitrogens is 1. The topological polar surface area (TPSA) is 54.4 Å². The lowest BCUT2D eigenvalue weighted by Gasteiger charge is -2.50. The van der Waals surface area contributed by atoms with Crippen LogP contribution in [-0.4, -0.2) is 49.4 Å². The maximum Gasteiger partial charge on any atom is 0.265 e. The quantitative estimate of drug-likeness (QED) is 0.474. The molecule has 0 amide bonds. The van der Waals surface area contributed by atoms with Gasteiger partial charge in [0.15, 0.2) is 0 Å². The van der Waals surface area contributed by atoms with Crippen LogP contribution < -0.4 is 0 Å². The van der Waals surface area contributed by atoms with Crippen molar-refractivity contribution >= 4 is 21.7 Å². The highest BCUT2D eigenvalue weighted by molar-refractivity contribution is 7.85. The maximum absolute atomic E-state index is 11.0. The molecule has 0 aliphatic carbocycles. The van der Waals surface area contributed by atoms with Crippen LogP contribution in [-0.2, 0) is 16.5 Å². The molecule has 1 aromatic carbocycles. The molecule has 0 atom stereocenters. The zero-order valence-corrected chi connectivity index (χ0v) is 15.4. The van der Waals surface area contributed by atoms with Crippen molar-refractivity contribution in [3.05, 3.63) is 46.5 Å². The first-order valence-electron chi connectivity index (χ1n) is 8.59. The monoisotopic (exact) mass is 370 g/mol. The van der Waals surface area contributed by atoms with Gasteiger partial charge >= 0.3 is 0 Å². The van der Waals surface area contributed by atoms with Crippen LogP contribution in [0.25, 0.3) is 0 Å². The highest BCUT2D eigenvalue weighted by Gasteiger charge is 2.42. The largest absolute Gasteiger partial charge is 0.320 e. The van der Waals surface area contributed by atoms with Gasteiger partial charge in [0.25, 0.3) is 10.1 Å². The molecule has 3 saturated heterocycles. The van der Waals surface area contributed by atoms with Crippen molar-refractivity contribution in [1.82, 2.24) is 0 Å². The van der Waals surface area contributed by atoms with Crippen molar-refractivity contribution in [1.29, 1.82) is 0 Å². The summed E-state index contributed by atoms with van der Waals surface area (Å²) in [5.74, 6) is 0.569. The predicted octanol–water partition coefficient (Wildman–Crippen LogP) is 3.33. The van der Waals surface area contributed by atoms with Crippen LogP contribution >= 0.6 is 11.6 Å². The minimum Gasteiger partial charge on any atom is -0.320 e. The Morgan fingerprint density at radius 2 is 1.88 bits per heavy atom. The molecular weight excluding hydrogens is 346 g/mol. The van der Waals surface area contributed by atoms with Gasteiger partial charge in [-0.1, -0.05) is 29.8 Å². The summed E-state index contributed by atoms with van der Waals surface area (Å²) in [6.45, 7) is 4.14. The van der Waals surface area contributed by atoms with Crippen molar-refractivity contribution in [3.8, 4) is 0 Å². The number of benzene rings is 1. The molecule has 6 heteroatoms. The van der Waals surface area contributed by atoms with Crippen molar-refractivity contribution in [3.63, 3.8) is 0 Å². The smallest absolute Gasteiger partial charge is 0.265 e. The summed E-state index contributed by atoms with van der Waals surface area (Å²) in [5.41, 5.74) is 2.79. The van der Waals surface area contributed by atoms with E-state index in [9.17, 15) is 8.42 Å². The Morgan fingerprint density at radius 3 is 2.50 bits per heavy atom. The van der Waals surface area contributed by atoms with Gasteiger partial charge < -0.3 is 4.48 Å². The second kappa shape index (κ2) is 7.16. The van der Waals surface area contributed by atoms with Crippen LogP contribution in [0.15, 0.2) is 35.9 Å². The summed E-state index contributed by atoms with van der Waals surface area (Å²) in [6.07, 6.45) is 6.21. The summed E-state index contributed by atoms with van der Waals surface area (Å²) < 4.78 is 31.8. The lowest BCUT2D eigenvalue weighted by Crippen LogP contribution is -2.59. The van der Waals surface area contributed by atoms with E-state index in [-0.39, 0.29) is 5.75 Å². The molecule has 24 heavy (non-hydrogen) atoms. The van der Waals surface area contributed by atoms with Crippen LogP contribution in [0.1, 0.15) is 24.8 Å². The third-order valence-electron chi connectivity index (χ3n) is 5.49. The summed E-state index contributed by atoms with van der Waals surface area (Å²) in [6, 6.07) is 7.99. The maximum atomic E-state index is 11.0. The first kappa shape index (κ1) is 17.9. The Morgan fingerprint density at radius 1 is 1.21 bits per heavy atom. The van der Waals surface area contributed by atoms with Gasteiger partial charge in [-0.15, -0.1) is 0 Å². The zero-order valence-electron chi connectivity index (χ0n) is 13.8. The molecule has 0 saturated carbocycles. The Labute approximate surface area is 149 Å². The zero-order chi connectivity index (χ0) is 17.2. The lowest BCUT2D eigenvalue weighted by molar-refractivity contribution is -0.935. The fourth-order valence-corrected chi connectivity index (χ4v) is 4.77. The summed E-state index contributed by atoms with van der Waals surface area (Å²) in [7, 11) is -3.85. The van der Waals surface area contributed by atoms with E-state index in [2.05, 4.69) is 18.2 Å². The van der Waals surface area contributed by atoms with E-state index < -0.39 is 10.1 Å². The minimum atomic E-state index is -3.85. The highest BCUT2D eigenvalue weighted by atomic mass is 35.5. The lowest BCUT2D eigenvalue weighted by atomic mass is 9.80. The first-order valence-corrected chi connectivity index (χ1v) is 10.6.